The first-order valence-electron chi connectivity index (χ1n) is 5.48. The van der Waals surface area contributed by atoms with E-state index in [4.69, 9.17) is 0 Å². The Kier molecular flexibility index (Phi) is 2.44. The number of carbonyl (C=O) groups is 2. The number of rotatable bonds is 2. The van der Waals surface area contributed by atoms with Gasteiger partial charge in [-0.3, -0.25) is 9.59 Å². The van der Waals surface area contributed by atoms with E-state index in [-0.39, 0.29) is 24.7 Å². The number of benzene rings is 1. The van der Waals surface area contributed by atoms with Crippen LogP contribution in [0.1, 0.15) is 12.0 Å². The topological polar surface area (TPSA) is 37.4 Å². The van der Waals surface area contributed by atoms with Crippen molar-refractivity contribution in [3.8, 4) is 0 Å². The highest BCUT2D eigenvalue weighted by Gasteiger charge is 2.27. The molecule has 0 spiro atoms. The van der Waals surface area contributed by atoms with E-state index in [1.807, 2.05) is 12.1 Å². The van der Waals surface area contributed by atoms with Crippen molar-refractivity contribution in [2.45, 2.75) is 13.0 Å². The molecule has 2 heterocycles. The molecule has 1 amide bonds. The van der Waals surface area contributed by atoms with Crippen LogP contribution < -0.4 is 0 Å². The summed E-state index contributed by atoms with van der Waals surface area (Å²) in [6.07, 6.45) is 0.0715. The summed E-state index contributed by atoms with van der Waals surface area (Å²) in [6, 6.07) is 8.13. The van der Waals surface area contributed by atoms with E-state index in [9.17, 15) is 9.59 Å². The van der Waals surface area contributed by atoms with Crippen molar-refractivity contribution < 1.29 is 9.59 Å². The number of thiophene rings is 1. The molecule has 1 aromatic heterocycles. The normalized spacial score (nSPS) is 16.1. The zero-order valence-corrected chi connectivity index (χ0v) is 10.00. The summed E-state index contributed by atoms with van der Waals surface area (Å²) in [5, 5.41) is 3.26. The molecule has 1 fully saturated rings. The van der Waals surface area contributed by atoms with E-state index in [1.165, 1.54) is 10.1 Å². The number of ketones is 1. The molecule has 0 radical (unpaired) electrons. The maximum atomic E-state index is 11.6. The Morgan fingerprint density at radius 3 is 2.82 bits per heavy atom. The summed E-state index contributed by atoms with van der Waals surface area (Å²) in [5.41, 5.74) is 1.13. The van der Waals surface area contributed by atoms with Crippen LogP contribution in [-0.2, 0) is 16.1 Å². The van der Waals surface area contributed by atoms with Gasteiger partial charge < -0.3 is 4.90 Å². The molecule has 0 unspecified atom stereocenters. The first-order chi connectivity index (χ1) is 8.24. The third-order valence-corrected chi connectivity index (χ3v) is 4.00. The molecule has 1 aromatic carbocycles. The highest BCUT2D eigenvalue weighted by Crippen LogP contribution is 2.27. The average Bonchev–Trinajstić information content (AvgIpc) is 2.85. The van der Waals surface area contributed by atoms with Gasteiger partial charge in [0.1, 0.15) is 0 Å². The minimum atomic E-state index is -0.0507. The van der Waals surface area contributed by atoms with Gasteiger partial charge in [-0.15, -0.1) is 11.3 Å². The third-order valence-electron chi connectivity index (χ3n) is 2.99. The average molecular weight is 245 g/mol. The molecule has 0 atom stereocenters. The van der Waals surface area contributed by atoms with E-state index in [2.05, 4.69) is 17.5 Å². The zero-order chi connectivity index (χ0) is 11.8. The number of carbonyl (C=O) groups excluding carboxylic acids is 2. The van der Waals surface area contributed by atoms with Gasteiger partial charge >= 0.3 is 0 Å². The van der Waals surface area contributed by atoms with E-state index in [0.29, 0.717) is 6.54 Å². The summed E-state index contributed by atoms with van der Waals surface area (Å²) >= 11 is 1.68. The number of nitrogens with zero attached hydrogens (tertiary/aromatic N) is 1. The molecule has 3 nitrogen and oxygen atoms in total. The third kappa shape index (κ3) is 1.85. The van der Waals surface area contributed by atoms with Crippen molar-refractivity contribution in [2.75, 3.05) is 6.54 Å². The molecule has 86 valence electrons. The summed E-state index contributed by atoms with van der Waals surface area (Å²) in [7, 11) is 0. The Bertz CT molecular complexity index is 602. The lowest BCUT2D eigenvalue weighted by molar-refractivity contribution is -0.128. The molecule has 4 heteroatoms. The van der Waals surface area contributed by atoms with Gasteiger partial charge in [0.25, 0.3) is 0 Å². The minimum Gasteiger partial charge on any atom is -0.331 e. The van der Waals surface area contributed by atoms with Crippen LogP contribution in [0.5, 0.6) is 0 Å². The highest BCUT2D eigenvalue weighted by atomic mass is 32.1. The molecule has 1 aliphatic heterocycles. The summed E-state index contributed by atoms with van der Waals surface area (Å²) in [5.74, 6) is -0.0279. The number of Topliss-reactive ketones (excluding diaryl/α,β-unsaturated/α-hetero) is 1. The standard InChI is InChI=1S/C13H11NO2S/c15-10-5-13(16)14(7-10)6-9-8-17-12-4-2-1-3-11(9)12/h1-4,8H,5-7H2. The molecular weight excluding hydrogens is 234 g/mol. The molecule has 0 bridgehead atoms. The van der Waals surface area contributed by atoms with Crippen LogP contribution in [0.25, 0.3) is 10.1 Å². The van der Waals surface area contributed by atoms with Gasteiger partial charge in [-0.2, -0.15) is 0 Å². The van der Waals surface area contributed by atoms with Crippen LogP contribution in [0.15, 0.2) is 29.6 Å². The maximum Gasteiger partial charge on any atom is 0.230 e. The number of fused-ring (bicyclic) bond motifs is 1. The Balaban J connectivity index is 1.90. The summed E-state index contributed by atoms with van der Waals surface area (Å²) in [6.45, 7) is 0.817. The number of hydrogen-bond acceptors (Lipinski definition) is 3. The SMILES string of the molecule is O=C1CC(=O)N(Cc2csc3ccccc23)C1. The molecule has 1 saturated heterocycles. The molecule has 2 aromatic rings. The quantitative estimate of drug-likeness (QED) is 0.761. The van der Waals surface area contributed by atoms with Crippen LogP contribution in [0, 0.1) is 0 Å². The van der Waals surface area contributed by atoms with E-state index < -0.39 is 0 Å². The molecule has 17 heavy (non-hydrogen) atoms. The van der Waals surface area contributed by atoms with E-state index >= 15 is 0 Å². The lowest BCUT2D eigenvalue weighted by atomic mass is 10.2. The second kappa shape index (κ2) is 3.96. The van der Waals surface area contributed by atoms with Gasteiger partial charge in [0.2, 0.25) is 5.91 Å². The highest BCUT2D eigenvalue weighted by molar-refractivity contribution is 7.17. The number of amides is 1. The molecule has 0 saturated carbocycles. The van der Waals surface area contributed by atoms with Crippen LogP contribution in [0.2, 0.25) is 0 Å². The van der Waals surface area contributed by atoms with Crippen molar-refractivity contribution in [1.29, 1.82) is 0 Å². The van der Waals surface area contributed by atoms with Gasteiger partial charge in [-0.05, 0) is 22.4 Å². The fraction of sp³-hybridized carbons (Fsp3) is 0.231. The first kappa shape index (κ1) is 10.5. The Labute approximate surface area is 103 Å². The maximum absolute atomic E-state index is 11.6. The van der Waals surface area contributed by atoms with Gasteiger partial charge in [-0.25, -0.2) is 0 Å². The predicted molar refractivity (Wildman–Crippen MR) is 66.9 cm³/mol. The second-order valence-electron chi connectivity index (χ2n) is 4.22. The van der Waals surface area contributed by atoms with Crippen molar-refractivity contribution in [3.05, 3.63) is 35.2 Å². The van der Waals surface area contributed by atoms with Crippen LogP contribution in [0.3, 0.4) is 0 Å². The Morgan fingerprint density at radius 2 is 2.06 bits per heavy atom. The zero-order valence-electron chi connectivity index (χ0n) is 9.18. The van der Waals surface area contributed by atoms with E-state index in [0.717, 1.165) is 5.56 Å². The Morgan fingerprint density at radius 1 is 1.24 bits per heavy atom. The minimum absolute atomic E-state index is 0.0227. The van der Waals surface area contributed by atoms with Crippen LogP contribution >= 0.6 is 11.3 Å². The van der Waals surface area contributed by atoms with Gasteiger partial charge in [-0.1, -0.05) is 18.2 Å². The fourth-order valence-corrected chi connectivity index (χ4v) is 3.10. The monoisotopic (exact) mass is 245 g/mol. The van der Waals surface area contributed by atoms with Crippen molar-refractivity contribution >= 4 is 33.1 Å². The van der Waals surface area contributed by atoms with Crippen molar-refractivity contribution in [2.24, 2.45) is 0 Å². The van der Waals surface area contributed by atoms with Crippen LogP contribution in [0.4, 0.5) is 0 Å². The molecule has 0 aliphatic carbocycles. The largest absolute Gasteiger partial charge is 0.331 e. The molecule has 0 N–H and O–H groups in total. The summed E-state index contributed by atoms with van der Waals surface area (Å²) < 4.78 is 1.22. The number of likely N-dealkylation sites (tertiary alicyclic amines) is 1. The van der Waals surface area contributed by atoms with Gasteiger partial charge in [0, 0.05) is 11.2 Å². The first-order valence-corrected chi connectivity index (χ1v) is 6.36. The smallest absolute Gasteiger partial charge is 0.230 e. The Hall–Kier alpha value is -1.68. The van der Waals surface area contributed by atoms with Gasteiger partial charge in [0.15, 0.2) is 5.78 Å². The predicted octanol–water partition coefficient (Wildman–Crippen LogP) is 2.20. The molecule has 3 rings (SSSR count). The number of hydrogen-bond donors (Lipinski definition) is 0. The lowest BCUT2D eigenvalue weighted by Crippen LogP contribution is -2.24. The lowest BCUT2D eigenvalue weighted by Gasteiger charge is -2.13. The van der Waals surface area contributed by atoms with Crippen molar-refractivity contribution in [1.82, 2.24) is 4.90 Å². The molecule has 1 aliphatic rings. The van der Waals surface area contributed by atoms with Gasteiger partial charge in [0.05, 0.1) is 13.0 Å². The van der Waals surface area contributed by atoms with Crippen LogP contribution in [-0.4, -0.2) is 23.1 Å². The molecular formula is C13H11NO2S. The van der Waals surface area contributed by atoms with E-state index in [1.54, 1.807) is 16.2 Å². The summed E-state index contributed by atoms with van der Waals surface area (Å²) in [4.78, 5) is 24.4. The fourth-order valence-electron chi connectivity index (χ4n) is 2.14. The van der Waals surface area contributed by atoms with Crippen molar-refractivity contribution in [3.63, 3.8) is 0 Å². The second-order valence-corrected chi connectivity index (χ2v) is 5.13.